The van der Waals surface area contributed by atoms with Gasteiger partial charge in [-0.05, 0) is 42.8 Å². The summed E-state index contributed by atoms with van der Waals surface area (Å²) in [5.41, 5.74) is -3.35. The van der Waals surface area contributed by atoms with Gasteiger partial charge in [0, 0.05) is 24.0 Å². The summed E-state index contributed by atoms with van der Waals surface area (Å²) < 4.78 is 61.5. The first kappa shape index (κ1) is 23.4. The van der Waals surface area contributed by atoms with Crippen LogP contribution in [0.15, 0.2) is 48.6 Å². The van der Waals surface area contributed by atoms with Crippen LogP contribution in [-0.4, -0.2) is 47.3 Å². The van der Waals surface area contributed by atoms with E-state index in [-0.39, 0.29) is 23.2 Å². The van der Waals surface area contributed by atoms with Crippen molar-refractivity contribution >= 4 is 5.97 Å². The van der Waals surface area contributed by atoms with Crippen LogP contribution in [0.3, 0.4) is 0 Å². The number of carbonyl (C=O) groups excluding carboxylic acids is 1. The maximum absolute atomic E-state index is 14.0. The number of ether oxygens (including phenoxy) is 1. The second-order valence-corrected chi connectivity index (χ2v) is 9.06. The van der Waals surface area contributed by atoms with Gasteiger partial charge in [-0.15, -0.1) is 0 Å². The molecule has 0 spiro atoms. The molecule has 0 amide bonds. The van der Waals surface area contributed by atoms with Gasteiger partial charge in [-0.25, -0.2) is 22.4 Å². The average Bonchev–Trinajstić information content (AvgIpc) is 2.93. The Bertz CT molecular complexity index is 1040. The number of quaternary nitrogens is 1. The predicted octanol–water partition coefficient (Wildman–Crippen LogP) is 4.35. The molecule has 1 N–H and O–H groups in total. The number of nitrogens with zero attached hydrogens (tertiary/aromatic N) is 1. The lowest BCUT2D eigenvalue weighted by Gasteiger charge is -2.47. The summed E-state index contributed by atoms with van der Waals surface area (Å²) >= 11 is 0. The lowest BCUT2D eigenvalue weighted by atomic mass is 9.85. The average molecular weight is 464 g/mol. The first-order valence-corrected chi connectivity index (χ1v) is 11.0. The third-order valence-corrected chi connectivity index (χ3v) is 7.03. The van der Waals surface area contributed by atoms with Gasteiger partial charge in [-0.3, -0.25) is 0 Å². The number of benzene rings is 2. The monoisotopic (exact) mass is 464 g/mol. The Hall–Kier alpha value is -2.71. The standard InChI is InChI=1S/C25H26F4NO3/c1-3-10-30(2)17-6-7-18(30)14-19(13-17)33-24(31)25(32,15-4-8-20(26)22(28)11-15)16-5-9-21(27)23(29)12-16/h4-9,11-12,17-19,32H,3,10,13-14H2,1-2H3/q+1. The number of aliphatic hydroxyl groups is 1. The molecule has 2 atom stereocenters. The van der Waals surface area contributed by atoms with Crippen LogP contribution in [0.25, 0.3) is 0 Å². The number of halogens is 4. The fourth-order valence-corrected chi connectivity index (χ4v) is 5.16. The van der Waals surface area contributed by atoms with Crippen LogP contribution >= 0.6 is 0 Å². The molecule has 0 radical (unpaired) electrons. The van der Waals surface area contributed by atoms with Crippen molar-refractivity contribution in [1.29, 1.82) is 0 Å². The highest BCUT2D eigenvalue weighted by Gasteiger charge is 2.51. The van der Waals surface area contributed by atoms with Crippen LogP contribution in [0.1, 0.15) is 37.3 Å². The van der Waals surface area contributed by atoms with Crippen molar-refractivity contribution < 1.29 is 36.7 Å². The van der Waals surface area contributed by atoms with Crippen molar-refractivity contribution in [2.75, 3.05) is 13.6 Å². The van der Waals surface area contributed by atoms with Crippen molar-refractivity contribution in [3.63, 3.8) is 0 Å². The summed E-state index contributed by atoms with van der Waals surface area (Å²) in [7, 11) is 2.16. The molecular formula is C25H26F4NO3+. The Morgan fingerprint density at radius 1 is 0.970 bits per heavy atom. The van der Waals surface area contributed by atoms with Gasteiger partial charge in [0.25, 0.3) is 0 Å². The highest BCUT2D eigenvalue weighted by atomic mass is 19.2. The highest BCUT2D eigenvalue weighted by molar-refractivity contribution is 5.85. The fraction of sp³-hybridized carbons (Fsp3) is 0.400. The zero-order chi connectivity index (χ0) is 24.0. The zero-order valence-corrected chi connectivity index (χ0v) is 18.4. The summed E-state index contributed by atoms with van der Waals surface area (Å²) in [5, 5.41) is 11.4. The van der Waals surface area contributed by atoms with E-state index < -0.39 is 40.9 Å². The van der Waals surface area contributed by atoms with Crippen molar-refractivity contribution in [3.8, 4) is 0 Å². The Morgan fingerprint density at radius 2 is 1.45 bits per heavy atom. The first-order chi connectivity index (χ1) is 15.6. The summed E-state index contributed by atoms with van der Waals surface area (Å²) in [6, 6.07) is 5.12. The van der Waals surface area contributed by atoms with Crippen LogP contribution in [0.4, 0.5) is 17.6 Å². The molecule has 8 heteroatoms. The van der Waals surface area contributed by atoms with E-state index in [1.165, 1.54) is 0 Å². The second-order valence-electron chi connectivity index (χ2n) is 9.06. The Balaban J connectivity index is 1.66. The minimum absolute atomic E-state index is 0.140. The molecule has 0 aromatic heterocycles. The quantitative estimate of drug-likeness (QED) is 0.299. The molecule has 0 saturated carbocycles. The van der Waals surface area contributed by atoms with E-state index in [1.807, 2.05) is 0 Å². The summed E-state index contributed by atoms with van der Waals surface area (Å²) in [5.74, 6) is -6.11. The molecule has 4 nitrogen and oxygen atoms in total. The number of esters is 1. The van der Waals surface area contributed by atoms with E-state index in [0.717, 1.165) is 41.7 Å². The van der Waals surface area contributed by atoms with Crippen molar-refractivity contribution in [1.82, 2.24) is 0 Å². The van der Waals surface area contributed by atoms with E-state index in [1.54, 1.807) is 0 Å². The Labute approximate surface area is 189 Å². The number of carbonyl (C=O) groups is 1. The van der Waals surface area contributed by atoms with Crippen molar-refractivity contribution in [2.45, 2.75) is 50.0 Å². The number of likely N-dealkylation sites (N-methyl/N-ethyl adjacent to an activating group) is 1. The molecule has 33 heavy (non-hydrogen) atoms. The Kier molecular flexibility index (Phi) is 6.09. The van der Waals surface area contributed by atoms with Gasteiger partial charge >= 0.3 is 5.97 Å². The van der Waals surface area contributed by atoms with E-state index in [0.29, 0.717) is 25.0 Å². The molecule has 2 heterocycles. The van der Waals surface area contributed by atoms with Gasteiger partial charge < -0.3 is 14.3 Å². The van der Waals surface area contributed by atoms with Gasteiger partial charge in [0.15, 0.2) is 23.3 Å². The summed E-state index contributed by atoms with van der Waals surface area (Å²) in [4.78, 5) is 13.3. The predicted molar refractivity (Wildman–Crippen MR) is 113 cm³/mol. The third-order valence-electron chi connectivity index (χ3n) is 7.03. The van der Waals surface area contributed by atoms with Crippen LogP contribution < -0.4 is 0 Å². The van der Waals surface area contributed by atoms with Crippen LogP contribution in [0, 0.1) is 23.3 Å². The summed E-state index contributed by atoms with van der Waals surface area (Å²) in [6.45, 7) is 3.08. The van der Waals surface area contributed by atoms with Gasteiger partial charge in [0.2, 0.25) is 5.60 Å². The zero-order valence-electron chi connectivity index (χ0n) is 18.4. The summed E-state index contributed by atoms with van der Waals surface area (Å²) in [6.07, 6.45) is 5.76. The number of fused-ring (bicyclic) bond motifs is 2. The van der Waals surface area contributed by atoms with Crippen LogP contribution in [-0.2, 0) is 15.1 Å². The normalized spacial score (nSPS) is 26.5. The molecule has 2 aliphatic heterocycles. The van der Waals surface area contributed by atoms with Crippen molar-refractivity contribution in [2.24, 2.45) is 0 Å². The molecule has 2 aromatic carbocycles. The number of piperidine rings is 1. The van der Waals surface area contributed by atoms with Gasteiger partial charge in [0.1, 0.15) is 18.2 Å². The van der Waals surface area contributed by atoms with E-state index >= 15 is 0 Å². The molecule has 2 unspecified atom stereocenters. The SMILES string of the molecule is CCC[N+]1(C)C2C=CC1CC(OC(=O)C(O)(c1ccc(F)c(F)c1)c1ccc(F)c(F)c1)C2. The molecule has 2 aromatic rings. The first-order valence-electron chi connectivity index (χ1n) is 11.0. The molecular weight excluding hydrogens is 438 g/mol. The fourth-order valence-electron chi connectivity index (χ4n) is 5.16. The lowest BCUT2D eigenvalue weighted by Crippen LogP contribution is -2.60. The second kappa shape index (κ2) is 8.57. The maximum atomic E-state index is 14.0. The van der Waals surface area contributed by atoms with Gasteiger partial charge in [0.05, 0.1) is 13.6 Å². The topological polar surface area (TPSA) is 46.5 Å². The minimum atomic E-state index is -2.66. The molecule has 176 valence electrons. The minimum Gasteiger partial charge on any atom is -0.459 e. The van der Waals surface area contributed by atoms with Crippen LogP contribution in [0.2, 0.25) is 0 Å². The maximum Gasteiger partial charge on any atom is 0.347 e. The third kappa shape index (κ3) is 3.95. The highest BCUT2D eigenvalue weighted by Crippen LogP contribution is 2.40. The largest absolute Gasteiger partial charge is 0.459 e. The van der Waals surface area contributed by atoms with Gasteiger partial charge in [-0.2, -0.15) is 0 Å². The number of hydrogen-bond acceptors (Lipinski definition) is 3. The van der Waals surface area contributed by atoms with Gasteiger partial charge in [-0.1, -0.05) is 19.1 Å². The van der Waals surface area contributed by atoms with Crippen LogP contribution in [0.5, 0.6) is 0 Å². The van der Waals surface area contributed by atoms with Crippen molar-refractivity contribution in [3.05, 3.63) is 82.9 Å². The lowest BCUT2D eigenvalue weighted by molar-refractivity contribution is -0.944. The number of rotatable bonds is 6. The molecule has 1 fully saturated rings. The number of hydrogen-bond donors (Lipinski definition) is 1. The van der Waals surface area contributed by atoms with E-state index in [9.17, 15) is 27.5 Å². The Morgan fingerprint density at radius 3 is 1.88 bits per heavy atom. The molecule has 4 rings (SSSR count). The van der Waals surface area contributed by atoms with E-state index in [2.05, 4.69) is 26.1 Å². The molecule has 2 aliphatic rings. The molecule has 0 aliphatic carbocycles. The molecule has 2 bridgehead atoms. The van der Waals surface area contributed by atoms with E-state index in [4.69, 9.17) is 4.74 Å². The smallest absolute Gasteiger partial charge is 0.347 e. The molecule has 1 saturated heterocycles.